The molecule has 1 aromatic carbocycles. The van der Waals surface area contributed by atoms with Gasteiger partial charge in [0.05, 0.1) is 25.0 Å². The van der Waals surface area contributed by atoms with Gasteiger partial charge in [-0.05, 0) is 11.6 Å². The number of thioether (sulfide) groups is 1. The second-order valence-corrected chi connectivity index (χ2v) is 6.32. The number of halogens is 1. The lowest BCUT2D eigenvalue weighted by Gasteiger charge is -2.07. The van der Waals surface area contributed by atoms with E-state index in [0.29, 0.717) is 11.6 Å². The van der Waals surface area contributed by atoms with E-state index >= 15 is 0 Å². The molecular formula is C16H16ClN3O4S. The highest BCUT2D eigenvalue weighted by molar-refractivity contribution is 7.99. The molecule has 0 saturated heterocycles. The Morgan fingerprint density at radius 1 is 1.36 bits per heavy atom. The molecular weight excluding hydrogens is 366 g/mol. The summed E-state index contributed by atoms with van der Waals surface area (Å²) < 4.78 is 4.54. The van der Waals surface area contributed by atoms with Crippen LogP contribution in [0.4, 0.5) is 0 Å². The van der Waals surface area contributed by atoms with Crippen molar-refractivity contribution in [3.8, 4) is 0 Å². The van der Waals surface area contributed by atoms with Gasteiger partial charge >= 0.3 is 5.97 Å². The monoisotopic (exact) mass is 381 g/mol. The predicted octanol–water partition coefficient (Wildman–Crippen LogP) is 1.55. The van der Waals surface area contributed by atoms with Crippen LogP contribution in [0.5, 0.6) is 0 Å². The first kappa shape index (κ1) is 19.0. The van der Waals surface area contributed by atoms with Gasteiger partial charge in [-0.3, -0.25) is 14.4 Å². The fourth-order valence-corrected chi connectivity index (χ4v) is 2.81. The van der Waals surface area contributed by atoms with Crippen molar-refractivity contribution in [2.24, 2.45) is 0 Å². The molecule has 132 valence electrons. The number of aromatic nitrogens is 2. The van der Waals surface area contributed by atoms with Gasteiger partial charge < -0.3 is 15.0 Å². The fraction of sp³-hybridized carbons (Fsp3) is 0.250. The average Bonchev–Trinajstić information content (AvgIpc) is 2.58. The minimum atomic E-state index is -0.494. The van der Waals surface area contributed by atoms with E-state index in [4.69, 9.17) is 11.6 Å². The van der Waals surface area contributed by atoms with Crippen LogP contribution in [0.2, 0.25) is 5.02 Å². The number of aromatic amines is 1. The number of nitrogens with zero attached hydrogens (tertiary/aromatic N) is 1. The zero-order valence-corrected chi connectivity index (χ0v) is 14.9. The molecule has 0 aliphatic rings. The van der Waals surface area contributed by atoms with Crippen molar-refractivity contribution < 1.29 is 14.3 Å². The van der Waals surface area contributed by atoms with Gasteiger partial charge in [-0.2, -0.15) is 0 Å². The molecule has 0 spiro atoms. The molecule has 2 rings (SSSR count). The Morgan fingerprint density at radius 2 is 2.12 bits per heavy atom. The summed E-state index contributed by atoms with van der Waals surface area (Å²) in [6.07, 6.45) is -0.104. The molecule has 1 amide bonds. The summed E-state index contributed by atoms with van der Waals surface area (Å²) in [5, 5.41) is 3.59. The molecule has 9 heteroatoms. The molecule has 0 aliphatic carbocycles. The molecule has 0 saturated carbocycles. The third kappa shape index (κ3) is 6.24. The van der Waals surface area contributed by atoms with Gasteiger partial charge in [0.25, 0.3) is 5.56 Å². The number of esters is 1. The third-order valence-electron chi connectivity index (χ3n) is 3.10. The lowest BCUT2D eigenvalue weighted by atomic mass is 10.2. The largest absolute Gasteiger partial charge is 0.469 e. The van der Waals surface area contributed by atoms with Crippen molar-refractivity contribution in [3.63, 3.8) is 0 Å². The van der Waals surface area contributed by atoms with Crippen LogP contribution in [0.3, 0.4) is 0 Å². The molecule has 0 radical (unpaired) electrons. The molecule has 0 atom stereocenters. The summed E-state index contributed by atoms with van der Waals surface area (Å²) in [4.78, 5) is 41.4. The number of hydrogen-bond donors (Lipinski definition) is 2. The quantitative estimate of drug-likeness (QED) is 0.428. The Balaban J connectivity index is 1.90. The van der Waals surface area contributed by atoms with Crippen LogP contribution in [-0.4, -0.2) is 34.7 Å². The van der Waals surface area contributed by atoms with Crippen molar-refractivity contribution in [1.82, 2.24) is 15.3 Å². The standard InChI is InChI=1S/C16H16ClN3O4S/c1-24-15(23)7-11-6-13(21)20-16(19-11)25-9-14(22)18-8-10-4-2-3-5-12(10)17/h2-6H,7-9H2,1H3,(H,18,22)(H,19,20,21). The van der Waals surface area contributed by atoms with E-state index in [2.05, 4.69) is 20.0 Å². The zero-order chi connectivity index (χ0) is 18.2. The fourth-order valence-electron chi connectivity index (χ4n) is 1.88. The predicted molar refractivity (Wildman–Crippen MR) is 94.6 cm³/mol. The van der Waals surface area contributed by atoms with Crippen molar-refractivity contribution in [3.05, 3.63) is 57.0 Å². The van der Waals surface area contributed by atoms with Crippen LogP contribution in [0, 0.1) is 0 Å². The highest BCUT2D eigenvalue weighted by atomic mass is 35.5. The number of rotatable bonds is 7. The Hall–Kier alpha value is -2.32. The van der Waals surface area contributed by atoms with Crippen molar-refractivity contribution >= 4 is 35.2 Å². The Morgan fingerprint density at radius 3 is 2.84 bits per heavy atom. The van der Waals surface area contributed by atoms with E-state index in [1.807, 2.05) is 18.2 Å². The molecule has 0 aliphatic heterocycles. The molecule has 1 aromatic heterocycles. The molecule has 7 nitrogen and oxygen atoms in total. The Kier molecular flexibility index (Phi) is 7.03. The maximum absolute atomic E-state index is 11.9. The summed E-state index contributed by atoms with van der Waals surface area (Å²) in [5.74, 6) is -0.660. The smallest absolute Gasteiger partial charge is 0.311 e. The van der Waals surface area contributed by atoms with Crippen molar-refractivity contribution in [1.29, 1.82) is 0 Å². The molecule has 2 N–H and O–H groups in total. The van der Waals surface area contributed by atoms with Crippen LogP contribution in [0.15, 0.2) is 40.3 Å². The number of hydrogen-bond acceptors (Lipinski definition) is 6. The number of H-pyrrole nitrogens is 1. The number of amides is 1. The first-order chi connectivity index (χ1) is 12.0. The van der Waals surface area contributed by atoms with E-state index in [1.54, 1.807) is 6.07 Å². The van der Waals surface area contributed by atoms with Gasteiger partial charge in [-0.25, -0.2) is 4.98 Å². The maximum atomic E-state index is 11.9. The zero-order valence-electron chi connectivity index (χ0n) is 13.4. The normalized spacial score (nSPS) is 10.3. The van der Waals surface area contributed by atoms with Gasteiger partial charge in [0.2, 0.25) is 5.91 Å². The molecule has 25 heavy (non-hydrogen) atoms. The summed E-state index contributed by atoms with van der Waals surface area (Å²) >= 11 is 7.09. The van der Waals surface area contributed by atoms with Crippen LogP contribution in [0.25, 0.3) is 0 Å². The van der Waals surface area contributed by atoms with E-state index in [0.717, 1.165) is 17.3 Å². The van der Waals surface area contributed by atoms with Gasteiger partial charge in [0.1, 0.15) is 0 Å². The average molecular weight is 382 g/mol. The first-order valence-electron chi connectivity index (χ1n) is 7.28. The van der Waals surface area contributed by atoms with Crippen molar-refractivity contribution in [2.45, 2.75) is 18.1 Å². The second-order valence-electron chi connectivity index (χ2n) is 4.95. The Labute approximate surface area is 153 Å². The number of nitrogens with one attached hydrogen (secondary N) is 2. The third-order valence-corrected chi connectivity index (χ3v) is 4.34. The van der Waals surface area contributed by atoms with E-state index in [9.17, 15) is 14.4 Å². The van der Waals surface area contributed by atoms with Crippen molar-refractivity contribution in [2.75, 3.05) is 12.9 Å². The van der Waals surface area contributed by atoms with Gasteiger partial charge in [-0.15, -0.1) is 0 Å². The molecule has 0 unspecified atom stereocenters. The minimum absolute atomic E-state index is 0.0646. The highest BCUT2D eigenvalue weighted by Crippen LogP contribution is 2.15. The highest BCUT2D eigenvalue weighted by Gasteiger charge is 2.10. The SMILES string of the molecule is COC(=O)Cc1cc(=O)[nH]c(SCC(=O)NCc2ccccc2Cl)n1. The number of carbonyl (C=O) groups is 2. The van der Waals surface area contributed by atoms with E-state index in [1.165, 1.54) is 13.2 Å². The first-order valence-corrected chi connectivity index (χ1v) is 8.64. The molecule has 0 bridgehead atoms. The minimum Gasteiger partial charge on any atom is -0.469 e. The summed E-state index contributed by atoms with van der Waals surface area (Å²) in [6, 6.07) is 8.44. The topological polar surface area (TPSA) is 101 Å². The van der Waals surface area contributed by atoms with Crippen LogP contribution in [0.1, 0.15) is 11.3 Å². The summed E-state index contributed by atoms with van der Waals surface area (Å²) in [5.41, 5.74) is 0.705. The van der Waals surface area contributed by atoms with E-state index < -0.39 is 11.5 Å². The Bertz CT molecular complexity index is 825. The van der Waals surface area contributed by atoms with Gasteiger partial charge in [0.15, 0.2) is 5.16 Å². The maximum Gasteiger partial charge on any atom is 0.311 e. The lowest BCUT2D eigenvalue weighted by Crippen LogP contribution is -2.25. The summed E-state index contributed by atoms with van der Waals surface area (Å²) in [6.45, 7) is 0.311. The van der Waals surface area contributed by atoms with Gasteiger partial charge in [0, 0.05) is 17.6 Å². The summed E-state index contributed by atoms with van der Waals surface area (Å²) in [7, 11) is 1.26. The number of ether oxygens (including phenoxy) is 1. The number of methoxy groups -OCH3 is 1. The van der Waals surface area contributed by atoms with Crippen LogP contribution >= 0.6 is 23.4 Å². The number of benzene rings is 1. The van der Waals surface area contributed by atoms with Crippen LogP contribution in [-0.2, 0) is 27.3 Å². The molecule has 0 fully saturated rings. The van der Waals surface area contributed by atoms with E-state index in [-0.39, 0.29) is 28.9 Å². The lowest BCUT2D eigenvalue weighted by molar-refractivity contribution is -0.139. The molecule has 2 aromatic rings. The van der Waals surface area contributed by atoms with Crippen LogP contribution < -0.4 is 10.9 Å². The molecule has 1 heterocycles. The second kappa shape index (κ2) is 9.24. The number of carbonyl (C=O) groups excluding carboxylic acids is 2. The van der Waals surface area contributed by atoms with Gasteiger partial charge in [-0.1, -0.05) is 41.6 Å².